The zero-order valence-electron chi connectivity index (χ0n) is 11.6. The highest BCUT2D eigenvalue weighted by Crippen LogP contribution is 2.27. The molecule has 0 heterocycles. The third kappa shape index (κ3) is 3.47. The highest BCUT2D eigenvalue weighted by molar-refractivity contribution is 5.29. The van der Waals surface area contributed by atoms with Crippen LogP contribution in [0.4, 0.5) is 0 Å². The number of ether oxygens (including phenoxy) is 1. The number of hydrogen-bond acceptors (Lipinski definition) is 3. The molecule has 0 amide bonds. The molecule has 1 aromatic carbocycles. The lowest BCUT2D eigenvalue weighted by atomic mass is 10.1. The minimum atomic E-state index is 0.409. The molecule has 1 atom stereocenters. The summed E-state index contributed by atoms with van der Waals surface area (Å²) in [7, 11) is 3.93. The molecule has 1 unspecified atom stereocenters. The third-order valence-electron chi connectivity index (χ3n) is 3.61. The average molecular weight is 248 g/mol. The van der Waals surface area contributed by atoms with Crippen molar-refractivity contribution in [3.63, 3.8) is 0 Å². The molecule has 0 radical (unpaired) electrons. The molecule has 1 aliphatic rings. The summed E-state index contributed by atoms with van der Waals surface area (Å²) in [4.78, 5) is 2.47. The lowest BCUT2D eigenvalue weighted by Crippen LogP contribution is -2.34. The Morgan fingerprint density at radius 2 is 2.00 bits per heavy atom. The van der Waals surface area contributed by atoms with Gasteiger partial charge in [0, 0.05) is 18.6 Å². The van der Waals surface area contributed by atoms with Gasteiger partial charge in [0.1, 0.15) is 5.75 Å². The van der Waals surface area contributed by atoms with Crippen LogP contribution in [0, 0.1) is 0 Å². The van der Waals surface area contributed by atoms with Crippen LogP contribution in [-0.2, 0) is 0 Å². The van der Waals surface area contributed by atoms with Crippen molar-refractivity contribution in [2.75, 3.05) is 27.2 Å². The summed E-state index contributed by atoms with van der Waals surface area (Å²) in [6.45, 7) is 4.23. The van der Waals surface area contributed by atoms with Crippen molar-refractivity contribution < 1.29 is 4.74 Å². The lowest BCUT2D eigenvalue weighted by molar-refractivity contribution is 0.283. The SMILES string of the molecule is CCNC(CN(C)C1CC1)c1ccc(OC)cc1. The van der Waals surface area contributed by atoms with Crippen molar-refractivity contribution in [3.8, 4) is 5.75 Å². The predicted molar refractivity (Wildman–Crippen MR) is 75.1 cm³/mol. The zero-order chi connectivity index (χ0) is 13.0. The summed E-state index contributed by atoms with van der Waals surface area (Å²) < 4.78 is 5.21. The topological polar surface area (TPSA) is 24.5 Å². The van der Waals surface area contributed by atoms with Crippen LogP contribution in [0.1, 0.15) is 31.4 Å². The number of methoxy groups -OCH3 is 1. The number of likely N-dealkylation sites (N-methyl/N-ethyl adjacent to an activating group) is 2. The summed E-state index contributed by atoms with van der Waals surface area (Å²) in [5, 5.41) is 3.57. The third-order valence-corrected chi connectivity index (χ3v) is 3.61. The Kier molecular flexibility index (Phi) is 4.61. The van der Waals surface area contributed by atoms with Crippen LogP contribution in [0.3, 0.4) is 0 Å². The largest absolute Gasteiger partial charge is 0.497 e. The first-order valence-corrected chi connectivity index (χ1v) is 6.82. The van der Waals surface area contributed by atoms with Crippen molar-refractivity contribution in [2.45, 2.75) is 31.8 Å². The van der Waals surface area contributed by atoms with Gasteiger partial charge >= 0.3 is 0 Å². The number of rotatable bonds is 7. The zero-order valence-corrected chi connectivity index (χ0v) is 11.6. The monoisotopic (exact) mass is 248 g/mol. The molecule has 3 nitrogen and oxygen atoms in total. The van der Waals surface area contributed by atoms with Gasteiger partial charge in [-0.25, -0.2) is 0 Å². The summed E-state index contributed by atoms with van der Waals surface area (Å²) in [5.41, 5.74) is 1.34. The Balaban J connectivity index is 2.02. The van der Waals surface area contributed by atoms with Gasteiger partial charge in [-0.3, -0.25) is 0 Å². The van der Waals surface area contributed by atoms with Crippen molar-refractivity contribution in [3.05, 3.63) is 29.8 Å². The molecule has 100 valence electrons. The molecule has 1 saturated carbocycles. The van der Waals surface area contributed by atoms with Crippen LogP contribution in [0.25, 0.3) is 0 Å². The van der Waals surface area contributed by atoms with Gasteiger partial charge in [0.05, 0.1) is 7.11 Å². The number of nitrogens with one attached hydrogen (secondary N) is 1. The predicted octanol–water partition coefficient (Wildman–Crippen LogP) is 2.44. The summed E-state index contributed by atoms with van der Waals surface area (Å²) >= 11 is 0. The fraction of sp³-hybridized carbons (Fsp3) is 0.600. The smallest absolute Gasteiger partial charge is 0.118 e. The Morgan fingerprint density at radius 1 is 1.33 bits per heavy atom. The second kappa shape index (κ2) is 6.21. The first-order valence-electron chi connectivity index (χ1n) is 6.82. The van der Waals surface area contributed by atoms with E-state index in [2.05, 4.69) is 36.3 Å². The molecule has 1 aromatic rings. The van der Waals surface area contributed by atoms with E-state index in [1.165, 1.54) is 18.4 Å². The Bertz CT molecular complexity index is 359. The van der Waals surface area contributed by atoms with Crippen LogP contribution in [0.5, 0.6) is 5.75 Å². The van der Waals surface area contributed by atoms with Crippen LogP contribution in [0.2, 0.25) is 0 Å². The van der Waals surface area contributed by atoms with E-state index in [4.69, 9.17) is 4.74 Å². The molecule has 3 heteroatoms. The van der Waals surface area contributed by atoms with Gasteiger partial charge in [-0.1, -0.05) is 19.1 Å². The van der Waals surface area contributed by atoms with Crippen LogP contribution >= 0.6 is 0 Å². The molecule has 1 N–H and O–H groups in total. The minimum absolute atomic E-state index is 0.409. The molecule has 1 aliphatic carbocycles. The van der Waals surface area contributed by atoms with E-state index >= 15 is 0 Å². The maximum atomic E-state index is 5.21. The molecule has 0 aliphatic heterocycles. The average Bonchev–Trinajstić information content (AvgIpc) is 3.22. The van der Waals surface area contributed by atoms with Crippen molar-refractivity contribution in [1.82, 2.24) is 10.2 Å². The number of benzene rings is 1. The molecule has 2 rings (SSSR count). The minimum Gasteiger partial charge on any atom is -0.497 e. The van der Waals surface area contributed by atoms with Crippen LogP contribution in [-0.4, -0.2) is 38.2 Å². The van der Waals surface area contributed by atoms with E-state index in [9.17, 15) is 0 Å². The van der Waals surface area contributed by atoms with E-state index in [0.717, 1.165) is 24.9 Å². The highest BCUT2D eigenvalue weighted by atomic mass is 16.5. The molecule has 18 heavy (non-hydrogen) atoms. The molecular weight excluding hydrogens is 224 g/mol. The van der Waals surface area contributed by atoms with E-state index in [-0.39, 0.29) is 0 Å². The Labute approximate surface area is 110 Å². The molecule has 0 saturated heterocycles. The maximum Gasteiger partial charge on any atom is 0.118 e. The second-order valence-corrected chi connectivity index (χ2v) is 5.05. The Hall–Kier alpha value is -1.06. The van der Waals surface area contributed by atoms with Gasteiger partial charge in [0.15, 0.2) is 0 Å². The highest BCUT2D eigenvalue weighted by Gasteiger charge is 2.27. The van der Waals surface area contributed by atoms with Crippen LogP contribution in [0.15, 0.2) is 24.3 Å². The fourth-order valence-corrected chi connectivity index (χ4v) is 2.32. The molecule has 1 fully saturated rings. The summed E-state index contributed by atoms with van der Waals surface area (Å²) in [6, 6.07) is 9.61. The standard InChI is InChI=1S/C15H24N2O/c1-4-16-15(11-17(2)13-7-8-13)12-5-9-14(18-3)10-6-12/h5-6,9-10,13,15-16H,4,7-8,11H2,1-3H3. The first kappa shape index (κ1) is 13.4. The van der Waals surface area contributed by atoms with Crippen LogP contribution < -0.4 is 10.1 Å². The number of nitrogens with zero attached hydrogens (tertiary/aromatic N) is 1. The van der Waals surface area contributed by atoms with E-state index in [1.54, 1.807) is 7.11 Å². The number of hydrogen-bond donors (Lipinski definition) is 1. The normalized spacial score (nSPS) is 16.9. The van der Waals surface area contributed by atoms with E-state index < -0.39 is 0 Å². The molecular formula is C15H24N2O. The van der Waals surface area contributed by atoms with Crippen molar-refractivity contribution in [2.24, 2.45) is 0 Å². The first-order chi connectivity index (χ1) is 8.74. The molecule has 0 spiro atoms. The Morgan fingerprint density at radius 3 is 2.50 bits per heavy atom. The second-order valence-electron chi connectivity index (χ2n) is 5.05. The van der Waals surface area contributed by atoms with Gasteiger partial charge in [0.2, 0.25) is 0 Å². The summed E-state index contributed by atoms with van der Waals surface area (Å²) in [5.74, 6) is 0.921. The van der Waals surface area contributed by atoms with Crippen molar-refractivity contribution >= 4 is 0 Å². The fourth-order valence-electron chi connectivity index (χ4n) is 2.32. The van der Waals surface area contributed by atoms with Gasteiger partial charge in [-0.15, -0.1) is 0 Å². The molecule has 0 aromatic heterocycles. The van der Waals surface area contributed by atoms with Gasteiger partial charge in [-0.05, 0) is 44.1 Å². The van der Waals surface area contributed by atoms with Gasteiger partial charge in [0.25, 0.3) is 0 Å². The molecule has 0 bridgehead atoms. The summed E-state index contributed by atoms with van der Waals surface area (Å²) in [6.07, 6.45) is 2.72. The van der Waals surface area contributed by atoms with E-state index in [1.807, 2.05) is 12.1 Å². The lowest BCUT2D eigenvalue weighted by Gasteiger charge is -2.25. The quantitative estimate of drug-likeness (QED) is 0.802. The van der Waals surface area contributed by atoms with E-state index in [0.29, 0.717) is 6.04 Å². The van der Waals surface area contributed by atoms with Gasteiger partial charge < -0.3 is 15.0 Å². The van der Waals surface area contributed by atoms with Crippen molar-refractivity contribution in [1.29, 1.82) is 0 Å². The van der Waals surface area contributed by atoms with Gasteiger partial charge in [-0.2, -0.15) is 0 Å². The maximum absolute atomic E-state index is 5.21.